The molecule has 1 aromatic heterocycles. The van der Waals surface area contributed by atoms with Crippen LogP contribution in [0.4, 0.5) is 0 Å². The molecule has 1 aliphatic heterocycles. The van der Waals surface area contributed by atoms with E-state index >= 15 is 0 Å². The molecule has 170 valence electrons. The zero-order chi connectivity index (χ0) is 23.3. The summed E-state index contributed by atoms with van der Waals surface area (Å²) in [5.74, 6) is -0.0991. The number of pyridine rings is 1. The standard InChI is InChI=1S/C28H31N3O2/c1-3-29-27(33)28(16-8-18-31(20-28)26(32)25-11-6-7-17-30-25)19-23-9-4-5-10-24(23)22-14-12-21(2)13-15-22/h4-7,9-15,17H,3,8,16,18-20H2,1-2H3,(H,29,33)/t28-/m0/s1. The molecule has 1 fully saturated rings. The maximum atomic E-state index is 13.5. The van der Waals surface area contributed by atoms with E-state index < -0.39 is 5.41 Å². The van der Waals surface area contributed by atoms with E-state index in [0.29, 0.717) is 31.7 Å². The number of benzene rings is 2. The average molecular weight is 442 g/mol. The predicted molar refractivity (Wildman–Crippen MR) is 131 cm³/mol. The Morgan fingerprint density at radius 3 is 2.52 bits per heavy atom. The summed E-state index contributed by atoms with van der Waals surface area (Å²) in [6.45, 7) is 5.60. The number of hydrogen-bond acceptors (Lipinski definition) is 3. The van der Waals surface area contributed by atoms with Gasteiger partial charge in [0, 0.05) is 25.8 Å². The second-order valence-electron chi connectivity index (χ2n) is 8.88. The molecule has 2 heterocycles. The van der Waals surface area contributed by atoms with Gasteiger partial charge in [-0.25, -0.2) is 0 Å². The molecule has 4 rings (SSSR count). The molecule has 5 nitrogen and oxygen atoms in total. The van der Waals surface area contributed by atoms with Gasteiger partial charge in [-0.1, -0.05) is 60.2 Å². The van der Waals surface area contributed by atoms with Crippen LogP contribution < -0.4 is 5.32 Å². The van der Waals surface area contributed by atoms with Gasteiger partial charge in [-0.3, -0.25) is 14.6 Å². The number of amides is 2. The third-order valence-electron chi connectivity index (χ3n) is 6.48. The number of nitrogens with zero attached hydrogens (tertiary/aromatic N) is 2. The van der Waals surface area contributed by atoms with Crippen LogP contribution in [0.15, 0.2) is 72.9 Å². The molecular weight excluding hydrogens is 410 g/mol. The molecule has 1 saturated heterocycles. The minimum absolute atomic E-state index is 0.0160. The van der Waals surface area contributed by atoms with Crippen LogP contribution in [0.2, 0.25) is 0 Å². The zero-order valence-corrected chi connectivity index (χ0v) is 19.4. The molecule has 33 heavy (non-hydrogen) atoms. The fourth-order valence-corrected chi connectivity index (χ4v) is 4.77. The van der Waals surface area contributed by atoms with Gasteiger partial charge in [0.1, 0.15) is 5.69 Å². The first kappa shape index (κ1) is 22.7. The van der Waals surface area contributed by atoms with Gasteiger partial charge in [0.15, 0.2) is 0 Å². The van der Waals surface area contributed by atoms with Crippen molar-refractivity contribution in [2.24, 2.45) is 5.41 Å². The normalized spacial score (nSPS) is 18.1. The Morgan fingerprint density at radius 1 is 1.03 bits per heavy atom. The van der Waals surface area contributed by atoms with Crippen molar-refractivity contribution < 1.29 is 9.59 Å². The van der Waals surface area contributed by atoms with Crippen molar-refractivity contribution in [3.8, 4) is 11.1 Å². The molecule has 0 radical (unpaired) electrons. The predicted octanol–water partition coefficient (Wildman–Crippen LogP) is 4.66. The molecule has 0 spiro atoms. The van der Waals surface area contributed by atoms with Crippen molar-refractivity contribution in [1.82, 2.24) is 15.2 Å². The highest BCUT2D eigenvalue weighted by Gasteiger charge is 2.44. The van der Waals surface area contributed by atoms with Crippen molar-refractivity contribution in [3.05, 3.63) is 89.7 Å². The lowest BCUT2D eigenvalue weighted by Crippen LogP contribution is -2.54. The van der Waals surface area contributed by atoms with Crippen LogP contribution in [0.5, 0.6) is 0 Å². The molecule has 1 N–H and O–H groups in total. The maximum Gasteiger partial charge on any atom is 0.272 e. The smallest absolute Gasteiger partial charge is 0.272 e. The molecule has 2 aromatic carbocycles. The summed E-state index contributed by atoms with van der Waals surface area (Å²) >= 11 is 0. The van der Waals surface area contributed by atoms with Gasteiger partial charge < -0.3 is 10.2 Å². The Kier molecular flexibility index (Phi) is 6.87. The van der Waals surface area contributed by atoms with E-state index in [9.17, 15) is 9.59 Å². The van der Waals surface area contributed by atoms with Crippen molar-refractivity contribution in [2.75, 3.05) is 19.6 Å². The number of carbonyl (C=O) groups is 2. The Labute approximate surface area is 195 Å². The van der Waals surface area contributed by atoms with Crippen molar-refractivity contribution in [1.29, 1.82) is 0 Å². The van der Waals surface area contributed by atoms with Crippen LogP contribution in [0.3, 0.4) is 0 Å². The average Bonchev–Trinajstić information content (AvgIpc) is 2.85. The summed E-state index contributed by atoms with van der Waals surface area (Å²) in [5, 5.41) is 3.05. The van der Waals surface area contributed by atoms with Gasteiger partial charge in [-0.2, -0.15) is 0 Å². The van der Waals surface area contributed by atoms with Gasteiger partial charge in [0.05, 0.1) is 5.41 Å². The van der Waals surface area contributed by atoms with Gasteiger partial charge in [0.2, 0.25) is 5.91 Å². The number of aromatic nitrogens is 1. The largest absolute Gasteiger partial charge is 0.356 e. The highest BCUT2D eigenvalue weighted by atomic mass is 16.2. The third kappa shape index (κ3) is 4.98. The van der Waals surface area contributed by atoms with Crippen LogP contribution in [-0.2, 0) is 11.2 Å². The Morgan fingerprint density at radius 2 is 1.79 bits per heavy atom. The monoisotopic (exact) mass is 441 g/mol. The van der Waals surface area contributed by atoms with Gasteiger partial charge in [-0.05, 0) is 61.9 Å². The number of piperidine rings is 1. The highest BCUT2D eigenvalue weighted by Crippen LogP contribution is 2.37. The van der Waals surface area contributed by atoms with Gasteiger partial charge in [0.25, 0.3) is 5.91 Å². The maximum absolute atomic E-state index is 13.5. The third-order valence-corrected chi connectivity index (χ3v) is 6.48. The number of likely N-dealkylation sites (tertiary alicyclic amines) is 1. The summed E-state index contributed by atoms with van der Waals surface area (Å²) in [6, 6.07) is 22.1. The minimum Gasteiger partial charge on any atom is -0.356 e. The molecule has 5 heteroatoms. The highest BCUT2D eigenvalue weighted by molar-refractivity contribution is 5.93. The molecule has 1 atom stereocenters. The van der Waals surface area contributed by atoms with Crippen LogP contribution in [0, 0.1) is 12.3 Å². The fourth-order valence-electron chi connectivity index (χ4n) is 4.77. The fraction of sp³-hybridized carbons (Fsp3) is 0.321. The van der Waals surface area contributed by atoms with Crippen molar-refractivity contribution >= 4 is 11.8 Å². The van der Waals surface area contributed by atoms with Gasteiger partial charge >= 0.3 is 0 Å². The lowest BCUT2D eigenvalue weighted by atomic mass is 9.73. The van der Waals surface area contributed by atoms with E-state index in [-0.39, 0.29) is 11.8 Å². The van der Waals surface area contributed by atoms with Crippen molar-refractivity contribution in [2.45, 2.75) is 33.1 Å². The summed E-state index contributed by atoms with van der Waals surface area (Å²) < 4.78 is 0. The summed E-state index contributed by atoms with van der Waals surface area (Å²) in [7, 11) is 0. The van der Waals surface area contributed by atoms with E-state index in [2.05, 4.69) is 53.6 Å². The van der Waals surface area contributed by atoms with E-state index in [1.165, 1.54) is 5.56 Å². The number of carbonyl (C=O) groups excluding carboxylic acids is 2. The molecule has 0 saturated carbocycles. The van der Waals surface area contributed by atoms with E-state index in [1.807, 2.05) is 25.1 Å². The number of aryl methyl sites for hydroxylation is 1. The second-order valence-corrected chi connectivity index (χ2v) is 8.88. The molecule has 0 unspecified atom stereocenters. The van der Waals surface area contributed by atoms with E-state index in [1.54, 1.807) is 23.2 Å². The molecule has 2 amide bonds. The van der Waals surface area contributed by atoms with E-state index in [0.717, 1.165) is 29.5 Å². The van der Waals surface area contributed by atoms with Gasteiger partial charge in [-0.15, -0.1) is 0 Å². The van der Waals surface area contributed by atoms with E-state index in [4.69, 9.17) is 0 Å². The lowest BCUT2D eigenvalue weighted by Gasteiger charge is -2.42. The Hall–Kier alpha value is -3.47. The topological polar surface area (TPSA) is 62.3 Å². The van der Waals surface area contributed by atoms with Crippen LogP contribution >= 0.6 is 0 Å². The Bertz CT molecular complexity index is 1110. The molecule has 1 aliphatic rings. The minimum atomic E-state index is -0.681. The first-order valence-corrected chi connectivity index (χ1v) is 11.7. The number of hydrogen-bond donors (Lipinski definition) is 1. The quantitative estimate of drug-likeness (QED) is 0.605. The van der Waals surface area contributed by atoms with Crippen molar-refractivity contribution in [3.63, 3.8) is 0 Å². The number of rotatable bonds is 6. The summed E-state index contributed by atoms with van der Waals surface area (Å²) in [4.78, 5) is 32.7. The first-order valence-electron chi connectivity index (χ1n) is 11.7. The van der Waals surface area contributed by atoms with Crippen LogP contribution in [-0.4, -0.2) is 41.3 Å². The molecular formula is C28H31N3O2. The molecule has 3 aromatic rings. The first-order chi connectivity index (χ1) is 16.0. The summed E-state index contributed by atoms with van der Waals surface area (Å²) in [6.07, 6.45) is 3.73. The lowest BCUT2D eigenvalue weighted by molar-refractivity contribution is -0.133. The summed E-state index contributed by atoms with van der Waals surface area (Å²) in [5.41, 5.74) is 4.35. The second kappa shape index (κ2) is 9.99. The number of nitrogens with one attached hydrogen (secondary N) is 1. The molecule has 0 bridgehead atoms. The molecule has 0 aliphatic carbocycles. The zero-order valence-electron chi connectivity index (χ0n) is 19.4. The SMILES string of the molecule is CCNC(=O)[C@]1(Cc2ccccc2-c2ccc(C)cc2)CCCN(C(=O)c2ccccn2)C1. The van der Waals surface area contributed by atoms with Crippen LogP contribution in [0.1, 0.15) is 41.4 Å². The Balaban J connectivity index is 1.68. The van der Waals surface area contributed by atoms with Crippen LogP contribution in [0.25, 0.3) is 11.1 Å².